The summed E-state index contributed by atoms with van der Waals surface area (Å²) in [6.07, 6.45) is 5.52. The summed E-state index contributed by atoms with van der Waals surface area (Å²) < 4.78 is 6.97. The third kappa shape index (κ3) is 4.88. The Morgan fingerprint density at radius 2 is 2.06 bits per heavy atom. The van der Waals surface area contributed by atoms with Gasteiger partial charge in [-0.25, -0.2) is 9.78 Å². The van der Waals surface area contributed by atoms with Gasteiger partial charge < -0.3 is 10.1 Å². The minimum Gasteiger partial charge on any atom is -0.444 e. The van der Waals surface area contributed by atoms with Crippen molar-refractivity contribution in [3.63, 3.8) is 0 Å². The molecular formula is C23H25ClN4O3. The second-order valence-electron chi connectivity index (χ2n) is 8.83. The smallest absolute Gasteiger partial charge is 0.408 e. The van der Waals surface area contributed by atoms with Crippen LogP contribution < -0.4 is 10.9 Å². The van der Waals surface area contributed by atoms with Gasteiger partial charge in [0.05, 0.1) is 33.9 Å². The number of amides is 1. The molecule has 4 rings (SSSR count). The number of alkyl carbamates (subject to hydrolysis) is 1. The third-order valence-electron chi connectivity index (χ3n) is 5.05. The molecule has 0 aliphatic heterocycles. The van der Waals surface area contributed by atoms with E-state index in [-0.39, 0.29) is 5.56 Å². The summed E-state index contributed by atoms with van der Waals surface area (Å²) in [6.45, 7) is 5.43. The summed E-state index contributed by atoms with van der Waals surface area (Å²) >= 11 is 6.35. The summed E-state index contributed by atoms with van der Waals surface area (Å²) in [7, 11) is 0. The minimum absolute atomic E-state index is 0.301. The first-order valence-corrected chi connectivity index (χ1v) is 10.7. The lowest BCUT2D eigenvalue weighted by atomic mass is 10.1. The molecule has 3 aromatic rings. The monoisotopic (exact) mass is 440 g/mol. The first-order valence-electron chi connectivity index (χ1n) is 10.3. The maximum Gasteiger partial charge on any atom is 0.408 e. The van der Waals surface area contributed by atoms with E-state index < -0.39 is 17.7 Å². The lowest BCUT2D eigenvalue weighted by Crippen LogP contribution is -2.38. The number of hydrogen-bond acceptors (Lipinski definition) is 5. The van der Waals surface area contributed by atoms with Crippen LogP contribution in [0.4, 0.5) is 4.79 Å². The number of nitrogens with one attached hydrogen (secondary N) is 1. The molecule has 1 amide bonds. The fraction of sp³-hybridized carbons (Fsp3) is 0.391. The number of hydrogen-bond donors (Lipinski definition) is 1. The van der Waals surface area contributed by atoms with Crippen molar-refractivity contribution in [1.29, 1.82) is 0 Å². The van der Waals surface area contributed by atoms with E-state index in [1.807, 2.05) is 20.8 Å². The Labute approximate surface area is 185 Å². The van der Waals surface area contributed by atoms with E-state index in [1.54, 1.807) is 42.7 Å². The topological polar surface area (TPSA) is 86.1 Å². The van der Waals surface area contributed by atoms with Crippen LogP contribution in [0.5, 0.6) is 0 Å². The number of pyridine rings is 1. The van der Waals surface area contributed by atoms with Gasteiger partial charge in [0, 0.05) is 6.20 Å². The zero-order chi connectivity index (χ0) is 22.2. The highest BCUT2D eigenvalue weighted by molar-refractivity contribution is 6.35. The lowest BCUT2D eigenvalue weighted by molar-refractivity contribution is 0.0496. The number of ether oxygens (including phenoxy) is 1. The summed E-state index contributed by atoms with van der Waals surface area (Å²) in [4.78, 5) is 35.1. The fourth-order valence-electron chi connectivity index (χ4n) is 3.54. The highest BCUT2D eigenvalue weighted by atomic mass is 35.5. The van der Waals surface area contributed by atoms with E-state index >= 15 is 0 Å². The van der Waals surface area contributed by atoms with Crippen molar-refractivity contribution in [3.05, 3.63) is 63.9 Å². The molecule has 1 atom stereocenters. The maximum absolute atomic E-state index is 13.6. The zero-order valence-electron chi connectivity index (χ0n) is 17.8. The van der Waals surface area contributed by atoms with Gasteiger partial charge >= 0.3 is 6.09 Å². The van der Waals surface area contributed by atoms with E-state index in [1.165, 1.54) is 4.57 Å². The molecule has 1 saturated carbocycles. The van der Waals surface area contributed by atoms with Crippen molar-refractivity contribution in [2.24, 2.45) is 5.92 Å². The number of benzene rings is 1. The number of carbonyl (C=O) groups is 1. The summed E-state index contributed by atoms with van der Waals surface area (Å²) in [5.41, 5.74) is 0.107. The lowest BCUT2D eigenvalue weighted by Gasteiger charge is -2.25. The van der Waals surface area contributed by atoms with Crippen LogP contribution in [0, 0.1) is 5.92 Å². The van der Waals surface area contributed by atoms with Gasteiger partial charge in [0.1, 0.15) is 11.4 Å². The SMILES string of the molecule is CC(C)(C)OC(=O)NC(CC1CC1)c1nc2cccc(Cl)c2c(=O)n1-c1cccnc1. The first kappa shape index (κ1) is 21.3. The second-order valence-corrected chi connectivity index (χ2v) is 9.24. The van der Waals surface area contributed by atoms with E-state index in [0.29, 0.717) is 39.8 Å². The van der Waals surface area contributed by atoms with Gasteiger partial charge in [-0.2, -0.15) is 0 Å². The zero-order valence-corrected chi connectivity index (χ0v) is 18.5. The van der Waals surface area contributed by atoms with Crippen molar-refractivity contribution < 1.29 is 9.53 Å². The Kier molecular flexibility index (Phi) is 5.71. The number of carbonyl (C=O) groups excluding carboxylic acids is 1. The molecule has 1 fully saturated rings. The normalized spacial score (nSPS) is 15.0. The molecule has 0 spiro atoms. The molecule has 2 heterocycles. The highest BCUT2D eigenvalue weighted by Crippen LogP contribution is 2.38. The summed E-state index contributed by atoms with van der Waals surface area (Å²) in [5.74, 6) is 0.903. The van der Waals surface area contributed by atoms with E-state index in [9.17, 15) is 9.59 Å². The molecule has 1 unspecified atom stereocenters. The molecule has 7 nitrogen and oxygen atoms in total. The van der Waals surface area contributed by atoms with E-state index in [2.05, 4.69) is 10.3 Å². The van der Waals surface area contributed by atoms with Gasteiger partial charge in [-0.15, -0.1) is 0 Å². The number of aromatic nitrogens is 3. The molecule has 162 valence electrons. The maximum atomic E-state index is 13.6. The molecule has 0 saturated heterocycles. The van der Waals surface area contributed by atoms with Gasteiger partial charge in [-0.3, -0.25) is 14.3 Å². The van der Waals surface area contributed by atoms with Crippen molar-refractivity contribution >= 4 is 28.6 Å². The Morgan fingerprint density at radius 3 is 2.71 bits per heavy atom. The van der Waals surface area contributed by atoms with Crippen LogP contribution in [-0.4, -0.2) is 26.2 Å². The Hall–Kier alpha value is -2.93. The first-order chi connectivity index (χ1) is 14.7. The Bertz CT molecular complexity index is 1170. The number of rotatable bonds is 5. The molecule has 0 radical (unpaired) electrons. The van der Waals surface area contributed by atoms with E-state index in [4.69, 9.17) is 21.3 Å². The quantitative estimate of drug-likeness (QED) is 0.615. The molecule has 2 aromatic heterocycles. The van der Waals surface area contributed by atoms with Gasteiger partial charge in [0.2, 0.25) is 0 Å². The van der Waals surface area contributed by atoms with E-state index in [0.717, 1.165) is 12.8 Å². The van der Waals surface area contributed by atoms with Gasteiger partial charge in [0.25, 0.3) is 5.56 Å². The van der Waals surface area contributed by atoms with Gasteiger partial charge in [-0.05, 0) is 57.4 Å². The van der Waals surface area contributed by atoms with Crippen LogP contribution in [0.3, 0.4) is 0 Å². The van der Waals surface area contributed by atoms with Crippen molar-refractivity contribution in [2.75, 3.05) is 0 Å². The van der Waals surface area contributed by atoms with Crippen molar-refractivity contribution in [3.8, 4) is 5.69 Å². The Morgan fingerprint density at radius 1 is 1.29 bits per heavy atom. The standard InChI is InChI=1S/C23H25ClN4O3/c1-23(2,3)31-22(30)27-18(12-14-9-10-14)20-26-17-8-4-7-16(24)19(17)21(29)28(20)15-6-5-11-25-13-15/h4-8,11,13-14,18H,9-10,12H2,1-3H3,(H,27,30). The van der Waals surface area contributed by atoms with Crippen LogP contribution in [0.1, 0.15) is 51.9 Å². The molecule has 31 heavy (non-hydrogen) atoms. The average molecular weight is 441 g/mol. The van der Waals surface area contributed by atoms with Gasteiger partial charge in [0.15, 0.2) is 0 Å². The van der Waals surface area contributed by atoms with Crippen LogP contribution in [0.15, 0.2) is 47.5 Å². The molecule has 8 heteroatoms. The number of fused-ring (bicyclic) bond motifs is 1. The molecule has 1 aliphatic carbocycles. The average Bonchev–Trinajstić information content (AvgIpc) is 3.50. The summed E-state index contributed by atoms with van der Waals surface area (Å²) in [6, 6.07) is 8.21. The largest absolute Gasteiger partial charge is 0.444 e. The Balaban J connectivity index is 1.88. The minimum atomic E-state index is -0.637. The van der Waals surface area contributed by atoms with Crippen LogP contribution >= 0.6 is 11.6 Å². The molecule has 1 aromatic carbocycles. The number of halogens is 1. The predicted octanol–water partition coefficient (Wildman–Crippen LogP) is 4.80. The fourth-order valence-corrected chi connectivity index (χ4v) is 3.79. The highest BCUT2D eigenvalue weighted by Gasteiger charge is 2.32. The van der Waals surface area contributed by atoms with Gasteiger partial charge in [-0.1, -0.05) is 30.5 Å². The van der Waals surface area contributed by atoms with Crippen LogP contribution in [0.25, 0.3) is 16.6 Å². The molecular weight excluding hydrogens is 416 g/mol. The van der Waals surface area contributed by atoms with Crippen LogP contribution in [0.2, 0.25) is 5.02 Å². The molecule has 1 aliphatic rings. The van der Waals surface area contributed by atoms with Crippen molar-refractivity contribution in [1.82, 2.24) is 19.9 Å². The van der Waals surface area contributed by atoms with Crippen molar-refractivity contribution in [2.45, 2.75) is 51.7 Å². The summed E-state index contributed by atoms with van der Waals surface area (Å²) in [5, 5.41) is 3.61. The molecule has 1 N–H and O–H groups in total. The predicted molar refractivity (Wildman–Crippen MR) is 120 cm³/mol. The van der Waals surface area contributed by atoms with Crippen LogP contribution in [-0.2, 0) is 4.74 Å². The number of nitrogens with zero attached hydrogens (tertiary/aromatic N) is 3. The third-order valence-corrected chi connectivity index (χ3v) is 5.36. The molecule has 0 bridgehead atoms. The second kappa shape index (κ2) is 8.30.